The molecule has 1 N–H and O–H groups in total. The van der Waals surface area contributed by atoms with Gasteiger partial charge in [0.05, 0.1) is 30.0 Å². The molecule has 0 radical (unpaired) electrons. The Kier molecular flexibility index (Phi) is 5.62. The smallest absolute Gasteiger partial charge is 0.254 e. The van der Waals surface area contributed by atoms with Crippen LogP contribution in [0.4, 0.5) is 10.1 Å². The highest BCUT2D eigenvalue weighted by Gasteiger charge is 2.24. The number of nitrogens with one attached hydrogen (secondary N) is 1. The van der Waals surface area contributed by atoms with E-state index < -0.39 is 0 Å². The second kappa shape index (κ2) is 8.20. The zero-order valence-electron chi connectivity index (χ0n) is 17.2. The molecule has 2 heterocycles. The summed E-state index contributed by atoms with van der Waals surface area (Å²) in [6, 6.07) is 7.13. The highest BCUT2D eigenvalue weighted by atomic mass is 35.5. The van der Waals surface area contributed by atoms with Gasteiger partial charge in [0.15, 0.2) is 0 Å². The van der Waals surface area contributed by atoms with Gasteiger partial charge in [0.25, 0.3) is 5.91 Å². The number of rotatable bonds is 3. The summed E-state index contributed by atoms with van der Waals surface area (Å²) < 4.78 is 20.6. The molecule has 0 saturated carbocycles. The molecule has 1 saturated heterocycles. The van der Waals surface area contributed by atoms with Gasteiger partial charge in [-0.25, -0.2) is 4.39 Å². The van der Waals surface area contributed by atoms with Crippen molar-refractivity contribution in [2.75, 3.05) is 38.3 Å². The average molecular weight is 428 g/mol. The van der Waals surface area contributed by atoms with Crippen LogP contribution in [0, 0.1) is 19.7 Å². The third kappa shape index (κ3) is 3.50. The fourth-order valence-corrected chi connectivity index (χ4v) is 4.30. The van der Waals surface area contributed by atoms with Crippen LogP contribution in [0.15, 0.2) is 30.5 Å². The molecule has 4 rings (SSSR count). The zero-order chi connectivity index (χ0) is 21.4. The van der Waals surface area contributed by atoms with Crippen LogP contribution in [0.25, 0.3) is 22.0 Å². The first-order valence-corrected chi connectivity index (χ1v) is 10.2. The minimum atomic E-state index is -0.319. The molecule has 0 spiro atoms. The van der Waals surface area contributed by atoms with Crippen LogP contribution in [0.5, 0.6) is 0 Å². The number of hydrogen-bond donors (Lipinski definition) is 1. The van der Waals surface area contributed by atoms with Crippen LogP contribution in [0.3, 0.4) is 0 Å². The number of aromatic nitrogens is 1. The Labute approximate surface area is 179 Å². The molecule has 0 unspecified atom stereocenters. The van der Waals surface area contributed by atoms with Crippen LogP contribution in [0.2, 0.25) is 5.02 Å². The van der Waals surface area contributed by atoms with E-state index in [9.17, 15) is 4.79 Å². The molecule has 1 amide bonds. The third-order valence-corrected chi connectivity index (χ3v) is 5.73. The number of carbonyl (C=O) groups is 1. The van der Waals surface area contributed by atoms with E-state index in [1.165, 1.54) is 0 Å². The van der Waals surface area contributed by atoms with Crippen molar-refractivity contribution >= 4 is 34.1 Å². The lowest BCUT2D eigenvalue weighted by Gasteiger charge is -2.31. The number of nitrogens with zero attached hydrogens (tertiary/aromatic N) is 2. The van der Waals surface area contributed by atoms with Gasteiger partial charge in [-0.3, -0.25) is 9.78 Å². The fourth-order valence-electron chi connectivity index (χ4n) is 4.03. The fraction of sp³-hybridized carbons (Fsp3) is 0.304. The van der Waals surface area contributed by atoms with E-state index in [0.717, 1.165) is 16.6 Å². The maximum Gasteiger partial charge on any atom is 0.254 e. The Morgan fingerprint density at radius 1 is 1.20 bits per heavy atom. The number of morpholine rings is 1. The van der Waals surface area contributed by atoms with Crippen molar-refractivity contribution in [2.24, 2.45) is 0 Å². The summed E-state index contributed by atoms with van der Waals surface area (Å²) in [5.74, 6) is -0.530. The predicted molar refractivity (Wildman–Crippen MR) is 118 cm³/mol. The SMILES string of the molecule is CNC(=O)c1cnc2c(-c3cc(Cl)cc(C)c3F)c(C)ccc2c1N1CCOCC1. The first kappa shape index (κ1) is 20.6. The van der Waals surface area contributed by atoms with Crippen LogP contribution >= 0.6 is 11.6 Å². The molecule has 1 aromatic heterocycles. The molecule has 7 heteroatoms. The first-order chi connectivity index (χ1) is 14.4. The molecular formula is C23H23ClFN3O2. The van der Waals surface area contributed by atoms with Gasteiger partial charge < -0.3 is 15.0 Å². The number of pyridine rings is 1. The number of carbonyl (C=O) groups excluding carboxylic acids is 1. The summed E-state index contributed by atoms with van der Waals surface area (Å²) in [5, 5.41) is 3.96. The number of amides is 1. The maximum absolute atomic E-state index is 15.1. The number of anilines is 1. The second-order valence-electron chi connectivity index (χ2n) is 7.44. The molecule has 2 aromatic carbocycles. The van der Waals surface area contributed by atoms with Gasteiger partial charge in [0.2, 0.25) is 0 Å². The number of benzene rings is 2. The summed E-state index contributed by atoms with van der Waals surface area (Å²) in [6.07, 6.45) is 1.57. The normalized spacial score (nSPS) is 14.2. The van der Waals surface area contributed by atoms with Crippen LogP contribution in [0.1, 0.15) is 21.5 Å². The quantitative estimate of drug-likeness (QED) is 0.668. The van der Waals surface area contributed by atoms with E-state index >= 15 is 4.39 Å². The van der Waals surface area contributed by atoms with Gasteiger partial charge in [-0.2, -0.15) is 0 Å². The Hall–Kier alpha value is -2.70. The van der Waals surface area contributed by atoms with Crippen LogP contribution in [-0.4, -0.2) is 44.2 Å². The zero-order valence-corrected chi connectivity index (χ0v) is 17.9. The predicted octanol–water partition coefficient (Wildman–Crippen LogP) is 4.51. The molecule has 1 aliphatic heterocycles. The lowest BCUT2D eigenvalue weighted by Crippen LogP contribution is -2.38. The van der Waals surface area contributed by atoms with Gasteiger partial charge in [-0.1, -0.05) is 23.7 Å². The van der Waals surface area contributed by atoms with Crippen molar-refractivity contribution in [1.82, 2.24) is 10.3 Å². The maximum atomic E-state index is 15.1. The monoisotopic (exact) mass is 427 g/mol. The summed E-state index contributed by atoms with van der Waals surface area (Å²) in [5.41, 5.74) is 4.39. The Bertz CT molecular complexity index is 1140. The van der Waals surface area contributed by atoms with E-state index in [-0.39, 0.29) is 11.7 Å². The molecule has 0 atom stereocenters. The van der Waals surface area contributed by atoms with Crippen molar-refractivity contribution in [2.45, 2.75) is 13.8 Å². The summed E-state index contributed by atoms with van der Waals surface area (Å²) in [6.45, 7) is 6.11. The van der Waals surface area contributed by atoms with Crippen molar-refractivity contribution in [1.29, 1.82) is 0 Å². The van der Waals surface area contributed by atoms with Crippen molar-refractivity contribution in [3.8, 4) is 11.1 Å². The molecular weight excluding hydrogens is 405 g/mol. The lowest BCUT2D eigenvalue weighted by molar-refractivity contribution is 0.0961. The number of hydrogen-bond acceptors (Lipinski definition) is 4. The number of aryl methyl sites for hydroxylation is 2. The Balaban J connectivity index is 2.05. The minimum absolute atomic E-state index is 0.210. The largest absolute Gasteiger partial charge is 0.378 e. The molecule has 1 fully saturated rings. The number of fused-ring (bicyclic) bond motifs is 1. The number of ether oxygens (including phenoxy) is 1. The molecule has 156 valence electrons. The summed E-state index contributed by atoms with van der Waals surface area (Å²) in [4.78, 5) is 19.3. The molecule has 3 aromatic rings. The van der Waals surface area contributed by atoms with E-state index in [0.29, 0.717) is 59.1 Å². The molecule has 0 aliphatic carbocycles. The topological polar surface area (TPSA) is 54.5 Å². The second-order valence-corrected chi connectivity index (χ2v) is 7.87. The van der Waals surface area contributed by atoms with E-state index in [2.05, 4.69) is 15.2 Å². The highest BCUT2D eigenvalue weighted by molar-refractivity contribution is 6.31. The Morgan fingerprint density at radius 2 is 1.93 bits per heavy atom. The summed E-state index contributed by atoms with van der Waals surface area (Å²) in [7, 11) is 1.60. The third-order valence-electron chi connectivity index (χ3n) is 5.51. The van der Waals surface area contributed by atoms with Gasteiger partial charge in [0, 0.05) is 47.9 Å². The standard InChI is InChI=1S/C23H23ClFN3O2/c1-13-4-5-16-21(19(13)17-11-15(24)10-14(2)20(17)25)27-12-18(23(29)26-3)22(16)28-6-8-30-9-7-28/h4-5,10-12H,6-9H2,1-3H3,(H,26,29). The van der Waals surface area contributed by atoms with Gasteiger partial charge in [0.1, 0.15) is 5.82 Å². The first-order valence-electron chi connectivity index (χ1n) is 9.85. The minimum Gasteiger partial charge on any atom is -0.378 e. The van der Waals surface area contributed by atoms with Crippen molar-refractivity contribution in [3.05, 3.63) is 58.0 Å². The van der Waals surface area contributed by atoms with Crippen molar-refractivity contribution < 1.29 is 13.9 Å². The lowest BCUT2D eigenvalue weighted by atomic mass is 9.93. The van der Waals surface area contributed by atoms with E-state index in [1.807, 2.05) is 19.1 Å². The van der Waals surface area contributed by atoms with Gasteiger partial charge in [-0.05, 0) is 37.1 Å². The van der Waals surface area contributed by atoms with Gasteiger partial charge >= 0.3 is 0 Å². The molecule has 0 bridgehead atoms. The molecule has 1 aliphatic rings. The van der Waals surface area contributed by atoms with E-state index in [4.69, 9.17) is 16.3 Å². The van der Waals surface area contributed by atoms with Crippen LogP contribution in [-0.2, 0) is 4.74 Å². The van der Waals surface area contributed by atoms with E-state index in [1.54, 1.807) is 32.3 Å². The van der Waals surface area contributed by atoms with Gasteiger partial charge in [-0.15, -0.1) is 0 Å². The molecule has 5 nitrogen and oxygen atoms in total. The number of halogens is 2. The Morgan fingerprint density at radius 3 is 2.63 bits per heavy atom. The average Bonchev–Trinajstić information content (AvgIpc) is 2.75. The molecule has 30 heavy (non-hydrogen) atoms. The summed E-state index contributed by atoms with van der Waals surface area (Å²) >= 11 is 6.25. The van der Waals surface area contributed by atoms with Crippen molar-refractivity contribution in [3.63, 3.8) is 0 Å². The highest BCUT2D eigenvalue weighted by Crippen LogP contribution is 2.39. The van der Waals surface area contributed by atoms with Crippen LogP contribution < -0.4 is 10.2 Å².